The molecule has 1 saturated carbocycles. The SMILES string of the molecule is O=C(Nc1cccc(-c2nnc3n2CCCCC3)c1)C1(c2ccc(Br)cc2)CCC1. The van der Waals surface area contributed by atoms with Gasteiger partial charge in [0.05, 0.1) is 5.41 Å². The van der Waals surface area contributed by atoms with E-state index >= 15 is 0 Å². The lowest BCUT2D eigenvalue weighted by atomic mass is 9.64. The summed E-state index contributed by atoms with van der Waals surface area (Å²) in [7, 11) is 0. The predicted molar refractivity (Wildman–Crippen MR) is 121 cm³/mol. The zero-order valence-corrected chi connectivity index (χ0v) is 18.5. The number of fused-ring (bicyclic) bond motifs is 1. The molecule has 0 radical (unpaired) electrons. The van der Waals surface area contributed by atoms with Crippen LogP contribution < -0.4 is 5.32 Å². The van der Waals surface area contributed by atoms with E-state index < -0.39 is 5.41 Å². The van der Waals surface area contributed by atoms with Crippen LogP contribution in [0.15, 0.2) is 53.0 Å². The molecule has 1 fully saturated rings. The summed E-state index contributed by atoms with van der Waals surface area (Å²) in [5, 5.41) is 12.1. The van der Waals surface area contributed by atoms with Crippen LogP contribution in [0.5, 0.6) is 0 Å². The van der Waals surface area contributed by atoms with Crippen molar-refractivity contribution in [2.24, 2.45) is 0 Å². The van der Waals surface area contributed by atoms with Crippen LogP contribution in [-0.4, -0.2) is 20.7 Å². The molecular weight excluding hydrogens is 440 g/mol. The van der Waals surface area contributed by atoms with Crippen LogP contribution in [0.3, 0.4) is 0 Å². The van der Waals surface area contributed by atoms with E-state index in [-0.39, 0.29) is 5.91 Å². The summed E-state index contributed by atoms with van der Waals surface area (Å²) in [6, 6.07) is 16.2. The monoisotopic (exact) mass is 464 g/mol. The van der Waals surface area contributed by atoms with Crippen LogP contribution in [0.1, 0.15) is 49.9 Å². The predicted octanol–water partition coefficient (Wildman–Crippen LogP) is 5.49. The molecule has 6 heteroatoms. The third-order valence-electron chi connectivity index (χ3n) is 6.53. The van der Waals surface area contributed by atoms with E-state index in [0.29, 0.717) is 0 Å². The third-order valence-corrected chi connectivity index (χ3v) is 7.06. The van der Waals surface area contributed by atoms with Crippen LogP contribution in [0.25, 0.3) is 11.4 Å². The first kappa shape index (κ1) is 19.5. The molecule has 1 aromatic heterocycles. The standard InChI is InChI=1S/C24H25BrN4O/c25-19-11-9-18(10-12-19)24(13-5-14-24)23(30)26-20-7-4-6-17(16-20)22-28-27-21-8-2-1-3-15-29(21)22/h4,6-7,9-12,16H,1-3,5,8,13-15H2,(H,26,30). The van der Waals surface area contributed by atoms with Crippen molar-refractivity contribution in [2.75, 3.05) is 5.32 Å². The minimum absolute atomic E-state index is 0.0771. The summed E-state index contributed by atoms with van der Waals surface area (Å²) in [6.07, 6.45) is 7.40. The van der Waals surface area contributed by atoms with E-state index in [2.05, 4.69) is 48.1 Å². The number of hydrogen-bond donors (Lipinski definition) is 1. The van der Waals surface area contributed by atoms with Gasteiger partial charge in [0.2, 0.25) is 5.91 Å². The first-order valence-corrected chi connectivity index (χ1v) is 11.6. The van der Waals surface area contributed by atoms with Gasteiger partial charge in [-0.05, 0) is 55.5 Å². The van der Waals surface area contributed by atoms with Crippen molar-refractivity contribution >= 4 is 27.5 Å². The van der Waals surface area contributed by atoms with Crippen LogP contribution in [0, 0.1) is 0 Å². The van der Waals surface area contributed by atoms with Gasteiger partial charge in [0.1, 0.15) is 5.82 Å². The summed E-state index contributed by atoms with van der Waals surface area (Å²) in [5.74, 6) is 2.04. The number of anilines is 1. The number of aromatic nitrogens is 3. The Morgan fingerprint density at radius 3 is 2.60 bits per heavy atom. The molecule has 1 aliphatic heterocycles. The van der Waals surface area contributed by atoms with E-state index in [1.165, 1.54) is 12.8 Å². The molecule has 0 spiro atoms. The van der Waals surface area contributed by atoms with E-state index in [9.17, 15) is 4.79 Å². The molecule has 2 aromatic carbocycles. The minimum atomic E-state index is -0.428. The van der Waals surface area contributed by atoms with Crippen molar-refractivity contribution in [1.82, 2.24) is 14.8 Å². The highest BCUT2D eigenvalue weighted by molar-refractivity contribution is 9.10. The number of carbonyl (C=O) groups is 1. The number of amides is 1. The molecule has 154 valence electrons. The molecule has 1 N–H and O–H groups in total. The maximum Gasteiger partial charge on any atom is 0.235 e. The summed E-state index contributed by atoms with van der Waals surface area (Å²) >= 11 is 3.49. The number of carbonyl (C=O) groups excluding carboxylic acids is 1. The second kappa shape index (κ2) is 7.99. The fourth-order valence-corrected chi connectivity index (χ4v) is 4.90. The third kappa shape index (κ3) is 3.47. The van der Waals surface area contributed by atoms with Gasteiger partial charge in [-0.3, -0.25) is 4.79 Å². The highest BCUT2D eigenvalue weighted by Crippen LogP contribution is 2.45. The number of aryl methyl sites for hydroxylation is 1. The Morgan fingerprint density at radius 2 is 1.83 bits per heavy atom. The molecule has 0 bridgehead atoms. The highest BCUT2D eigenvalue weighted by atomic mass is 79.9. The van der Waals surface area contributed by atoms with Crippen molar-refractivity contribution in [3.8, 4) is 11.4 Å². The molecule has 5 rings (SSSR count). The second-order valence-electron chi connectivity index (χ2n) is 8.38. The number of benzene rings is 2. The Labute approximate surface area is 185 Å². The van der Waals surface area contributed by atoms with Gasteiger partial charge in [-0.25, -0.2) is 0 Å². The molecule has 0 saturated heterocycles. The highest BCUT2D eigenvalue weighted by Gasteiger charge is 2.45. The van der Waals surface area contributed by atoms with E-state index in [1.807, 2.05) is 36.4 Å². The quantitative estimate of drug-likeness (QED) is 0.554. The van der Waals surface area contributed by atoms with Crippen molar-refractivity contribution < 1.29 is 4.79 Å². The number of rotatable bonds is 4. The van der Waals surface area contributed by atoms with Gasteiger partial charge in [-0.2, -0.15) is 0 Å². The summed E-state index contributed by atoms with van der Waals surface area (Å²) in [5.41, 5.74) is 2.47. The van der Waals surface area contributed by atoms with Gasteiger partial charge in [-0.15, -0.1) is 10.2 Å². The minimum Gasteiger partial charge on any atom is -0.325 e. The van der Waals surface area contributed by atoms with Crippen molar-refractivity contribution in [2.45, 2.75) is 56.9 Å². The smallest absolute Gasteiger partial charge is 0.235 e. The topological polar surface area (TPSA) is 59.8 Å². The average Bonchev–Trinajstić information content (AvgIpc) is 2.97. The zero-order chi connectivity index (χ0) is 20.6. The number of nitrogens with one attached hydrogen (secondary N) is 1. The molecule has 1 amide bonds. The van der Waals surface area contributed by atoms with Gasteiger partial charge in [0.15, 0.2) is 5.82 Å². The van der Waals surface area contributed by atoms with Gasteiger partial charge < -0.3 is 9.88 Å². The summed E-state index contributed by atoms with van der Waals surface area (Å²) in [4.78, 5) is 13.3. The second-order valence-corrected chi connectivity index (χ2v) is 9.30. The molecule has 2 heterocycles. The lowest BCUT2D eigenvalue weighted by Crippen LogP contribution is -2.46. The maximum atomic E-state index is 13.3. The fraction of sp³-hybridized carbons (Fsp3) is 0.375. The van der Waals surface area contributed by atoms with E-state index in [1.54, 1.807) is 0 Å². The molecule has 1 aliphatic carbocycles. The number of halogens is 1. The lowest BCUT2D eigenvalue weighted by molar-refractivity contribution is -0.124. The Morgan fingerprint density at radius 1 is 1.00 bits per heavy atom. The summed E-state index contributed by atoms with van der Waals surface area (Å²) in [6.45, 7) is 0.959. The molecule has 2 aliphatic rings. The van der Waals surface area contributed by atoms with Crippen molar-refractivity contribution in [1.29, 1.82) is 0 Å². The largest absolute Gasteiger partial charge is 0.325 e. The fourth-order valence-electron chi connectivity index (χ4n) is 4.63. The van der Waals surface area contributed by atoms with Crippen molar-refractivity contribution in [3.63, 3.8) is 0 Å². The Hall–Kier alpha value is -2.47. The maximum absolute atomic E-state index is 13.3. The van der Waals surface area contributed by atoms with Gasteiger partial charge in [-0.1, -0.05) is 53.0 Å². The molecule has 5 nitrogen and oxygen atoms in total. The number of hydrogen-bond acceptors (Lipinski definition) is 3. The molecule has 30 heavy (non-hydrogen) atoms. The Bertz CT molecular complexity index is 1070. The molecular formula is C24H25BrN4O. The zero-order valence-electron chi connectivity index (χ0n) is 16.9. The normalized spacial score (nSPS) is 17.5. The van der Waals surface area contributed by atoms with Crippen molar-refractivity contribution in [3.05, 3.63) is 64.4 Å². The Balaban J connectivity index is 1.40. The van der Waals surface area contributed by atoms with Crippen LogP contribution in [-0.2, 0) is 23.2 Å². The molecule has 3 aromatic rings. The Kier molecular flexibility index (Phi) is 5.19. The van der Waals surface area contributed by atoms with E-state index in [0.717, 1.165) is 71.6 Å². The molecule has 0 unspecified atom stereocenters. The van der Waals surface area contributed by atoms with Gasteiger partial charge >= 0.3 is 0 Å². The molecule has 0 atom stereocenters. The first-order valence-electron chi connectivity index (χ1n) is 10.8. The van der Waals surface area contributed by atoms with Crippen LogP contribution in [0.4, 0.5) is 5.69 Å². The first-order chi connectivity index (χ1) is 14.7. The number of nitrogens with zero attached hydrogens (tertiary/aromatic N) is 3. The van der Waals surface area contributed by atoms with Crippen LogP contribution >= 0.6 is 15.9 Å². The van der Waals surface area contributed by atoms with E-state index in [4.69, 9.17) is 0 Å². The average molecular weight is 465 g/mol. The lowest BCUT2D eigenvalue weighted by Gasteiger charge is -2.40. The van der Waals surface area contributed by atoms with Crippen LogP contribution in [0.2, 0.25) is 0 Å². The summed E-state index contributed by atoms with van der Waals surface area (Å²) < 4.78 is 3.27. The van der Waals surface area contributed by atoms with Gasteiger partial charge in [0, 0.05) is 28.7 Å². The van der Waals surface area contributed by atoms with Gasteiger partial charge in [0.25, 0.3) is 0 Å².